The van der Waals surface area contributed by atoms with Crippen LogP contribution in [0.3, 0.4) is 0 Å². The Labute approximate surface area is 116 Å². The van der Waals surface area contributed by atoms with Gasteiger partial charge in [0.1, 0.15) is 0 Å². The molecule has 0 spiro atoms. The molecule has 0 aliphatic rings. The SMILES string of the molecule is CCC(=O)c1ccc(NCCCOCC(C)C)cc1. The van der Waals surface area contributed by atoms with Crippen LogP contribution in [-0.2, 0) is 4.74 Å². The van der Waals surface area contributed by atoms with Crippen LogP contribution in [0.5, 0.6) is 0 Å². The predicted octanol–water partition coefficient (Wildman–Crippen LogP) is 3.75. The van der Waals surface area contributed by atoms with E-state index in [2.05, 4.69) is 19.2 Å². The van der Waals surface area contributed by atoms with Gasteiger partial charge in [-0.1, -0.05) is 20.8 Å². The van der Waals surface area contributed by atoms with Crippen LogP contribution in [0.1, 0.15) is 44.0 Å². The molecule has 1 rings (SSSR count). The maximum absolute atomic E-state index is 11.5. The Bertz CT molecular complexity index is 371. The quantitative estimate of drug-likeness (QED) is 0.544. The second kappa shape index (κ2) is 8.70. The summed E-state index contributed by atoms with van der Waals surface area (Å²) in [5.41, 5.74) is 1.84. The molecule has 1 aromatic rings. The molecule has 0 heterocycles. The number of carbonyl (C=O) groups excluding carboxylic acids is 1. The molecule has 106 valence electrons. The van der Waals surface area contributed by atoms with E-state index in [0.29, 0.717) is 12.3 Å². The Balaban J connectivity index is 2.21. The number of hydrogen-bond donors (Lipinski definition) is 1. The molecule has 3 nitrogen and oxygen atoms in total. The molecule has 0 saturated carbocycles. The highest BCUT2D eigenvalue weighted by Crippen LogP contribution is 2.11. The van der Waals surface area contributed by atoms with E-state index in [1.54, 1.807) is 0 Å². The van der Waals surface area contributed by atoms with E-state index in [1.165, 1.54) is 0 Å². The summed E-state index contributed by atoms with van der Waals surface area (Å²) >= 11 is 0. The van der Waals surface area contributed by atoms with Crippen molar-refractivity contribution in [1.29, 1.82) is 0 Å². The minimum Gasteiger partial charge on any atom is -0.385 e. The van der Waals surface area contributed by atoms with Gasteiger partial charge in [0.2, 0.25) is 0 Å². The Morgan fingerprint density at radius 1 is 1.26 bits per heavy atom. The summed E-state index contributed by atoms with van der Waals surface area (Å²) in [6, 6.07) is 7.67. The van der Waals surface area contributed by atoms with Gasteiger partial charge in [0.15, 0.2) is 5.78 Å². The first-order valence-electron chi connectivity index (χ1n) is 7.08. The monoisotopic (exact) mass is 263 g/mol. The van der Waals surface area contributed by atoms with Gasteiger partial charge in [0, 0.05) is 37.4 Å². The first kappa shape index (κ1) is 15.7. The largest absolute Gasteiger partial charge is 0.385 e. The normalized spacial score (nSPS) is 10.7. The van der Waals surface area contributed by atoms with Crippen LogP contribution < -0.4 is 5.32 Å². The van der Waals surface area contributed by atoms with Crippen LogP contribution in [0, 0.1) is 5.92 Å². The molecule has 3 heteroatoms. The Hall–Kier alpha value is -1.35. The highest BCUT2D eigenvalue weighted by molar-refractivity contribution is 5.96. The second-order valence-electron chi connectivity index (χ2n) is 5.10. The van der Waals surface area contributed by atoms with Gasteiger partial charge in [-0.3, -0.25) is 4.79 Å². The van der Waals surface area contributed by atoms with Gasteiger partial charge in [-0.15, -0.1) is 0 Å². The third-order valence-corrected chi connectivity index (χ3v) is 2.77. The van der Waals surface area contributed by atoms with E-state index >= 15 is 0 Å². The molecule has 0 aliphatic heterocycles. The molecular formula is C16H25NO2. The van der Waals surface area contributed by atoms with Crippen molar-refractivity contribution < 1.29 is 9.53 Å². The van der Waals surface area contributed by atoms with Gasteiger partial charge in [0.25, 0.3) is 0 Å². The maximum atomic E-state index is 11.5. The molecule has 0 aliphatic carbocycles. The molecule has 0 amide bonds. The Kier molecular flexibility index (Phi) is 7.19. The van der Waals surface area contributed by atoms with E-state index < -0.39 is 0 Å². The molecule has 0 bridgehead atoms. The number of ketones is 1. The van der Waals surface area contributed by atoms with Crippen LogP contribution in [0.15, 0.2) is 24.3 Å². The van der Waals surface area contributed by atoms with E-state index in [0.717, 1.165) is 37.4 Å². The molecule has 0 unspecified atom stereocenters. The lowest BCUT2D eigenvalue weighted by atomic mass is 10.1. The van der Waals surface area contributed by atoms with Crippen LogP contribution in [0.2, 0.25) is 0 Å². The fraction of sp³-hybridized carbons (Fsp3) is 0.562. The van der Waals surface area contributed by atoms with E-state index in [1.807, 2.05) is 31.2 Å². The lowest BCUT2D eigenvalue weighted by Crippen LogP contribution is -2.08. The summed E-state index contributed by atoms with van der Waals surface area (Å²) in [5, 5.41) is 3.33. The third kappa shape index (κ3) is 6.39. The number of hydrogen-bond acceptors (Lipinski definition) is 3. The average molecular weight is 263 g/mol. The summed E-state index contributed by atoms with van der Waals surface area (Å²) in [5.74, 6) is 0.783. The Morgan fingerprint density at radius 3 is 2.53 bits per heavy atom. The zero-order valence-corrected chi connectivity index (χ0v) is 12.2. The van der Waals surface area contributed by atoms with Crippen LogP contribution in [0.25, 0.3) is 0 Å². The molecular weight excluding hydrogens is 238 g/mol. The van der Waals surface area contributed by atoms with Crippen LogP contribution in [-0.4, -0.2) is 25.5 Å². The minimum absolute atomic E-state index is 0.189. The topological polar surface area (TPSA) is 38.3 Å². The average Bonchev–Trinajstić information content (AvgIpc) is 2.42. The molecule has 0 radical (unpaired) electrons. The zero-order chi connectivity index (χ0) is 14.1. The van der Waals surface area contributed by atoms with Gasteiger partial charge < -0.3 is 10.1 Å². The fourth-order valence-electron chi connectivity index (χ4n) is 1.70. The number of ether oxygens (including phenoxy) is 1. The van der Waals surface area contributed by atoms with E-state index in [4.69, 9.17) is 4.74 Å². The number of carbonyl (C=O) groups is 1. The summed E-state index contributed by atoms with van der Waals surface area (Å²) < 4.78 is 5.51. The van der Waals surface area contributed by atoms with E-state index in [9.17, 15) is 4.79 Å². The van der Waals surface area contributed by atoms with Gasteiger partial charge >= 0.3 is 0 Å². The molecule has 19 heavy (non-hydrogen) atoms. The van der Waals surface area contributed by atoms with Crippen LogP contribution in [0.4, 0.5) is 5.69 Å². The number of rotatable bonds is 9. The second-order valence-corrected chi connectivity index (χ2v) is 5.10. The van der Waals surface area contributed by atoms with Gasteiger partial charge in [-0.05, 0) is 36.6 Å². The smallest absolute Gasteiger partial charge is 0.162 e. The predicted molar refractivity (Wildman–Crippen MR) is 79.8 cm³/mol. The summed E-state index contributed by atoms with van der Waals surface area (Å²) in [6.07, 6.45) is 1.54. The maximum Gasteiger partial charge on any atom is 0.162 e. The molecule has 1 aromatic carbocycles. The summed E-state index contributed by atoms with van der Waals surface area (Å²) in [6.45, 7) is 8.69. The number of anilines is 1. The molecule has 0 aromatic heterocycles. The van der Waals surface area contributed by atoms with Gasteiger partial charge in [-0.2, -0.15) is 0 Å². The highest BCUT2D eigenvalue weighted by Gasteiger charge is 2.01. The highest BCUT2D eigenvalue weighted by atomic mass is 16.5. The third-order valence-electron chi connectivity index (χ3n) is 2.77. The number of nitrogens with one attached hydrogen (secondary N) is 1. The Morgan fingerprint density at radius 2 is 1.95 bits per heavy atom. The van der Waals surface area contributed by atoms with Crippen molar-refractivity contribution in [3.8, 4) is 0 Å². The van der Waals surface area contributed by atoms with E-state index in [-0.39, 0.29) is 5.78 Å². The van der Waals surface area contributed by atoms with Gasteiger partial charge in [-0.25, -0.2) is 0 Å². The zero-order valence-electron chi connectivity index (χ0n) is 12.2. The summed E-state index contributed by atoms with van der Waals surface area (Å²) in [7, 11) is 0. The van der Waals surface area contributed by atoms with Crippen molar-refractivity contribution in [3.05, 3.63) is 29.8 Å². The molecule has 0 saturated heterocycles. The van der Waals surface area contributed by atoms with Crippen molar-refractivity contribution in [1.82, 2.24) is 0 Å². The number of Topliss-reactive ketones (excluding diaryl/α,β-unsaturated/α-hetero) is 1. The number of benzene rings is 1. The molecule has 0 fully saturated rings. The van der Waals surface area contributed by atoms with Crippen LogP contribution >= 0.6 is 0 Å². The minimum atomic E-state index is 0.189. The first-order chi connectivity index (χ1) is 9.13. The van der Waals surface area contributed by atoms with Gasteiger partial charge in [0.05, 0.1) is 0 Å². The van der Waals surface area contributed by atoms with Crippen molar-refractivity contribution in [3.63, 3.8) is 0 Å². The fourth-order valence-corrected chi connectivity index (χ4v) is 1.70. The van der Waals surface area contributed by atoms with Crippen molar-refractivity contribution in [2.45, 2.75) is 33.6 Å². The van der Waals surface area contributed by atoms with Crippen molar-refractivity contribution in [2.75, 3.05) is 25.1 Å². The molecule has 1 N–H and O–H groups in total. The van der Waals surface area contributed by atoms with Crippen molar-refractivity contribution in [2.24, 2.45) is 5.92 Å². The van der Waals surface area contributed by atoms with Crippen molar-refractivity contribution >= 4 is 11.5 Å². The summed E-state index contributed by atoms with van der Waals surface area (Å²) in [4.78, 5) is 11.5. The first-order valence-corrected chi connectivity index (χ1v) is 7.08. The molecule has 0 atom stereocenters. The lowest BCUT2D eigenvalue weighted by Gasteiger charge is -2.09. The lowest BCUT2D eigenvalue weighted by molar-refractivity contribution is 0.0988. The standard InChI is InChI=1S/C16H25NO2/c1-4-16(18)14-6-8-15(9-7-14)17-10-5-11-19-12-13(2)3/h6-9,13,17H,4-5,10-12H2,1-3H3.